The molecule has 0 bridgehead atoms. The molecule has 0 aliphatic carbocycles. The topological polar surface area (TPSA) is 93.2 Å². The summed E-state index contributed by atoms with van der Waals surface area (Å²) in [5.74, 6) is 1.36. The number of nitrogens with zero attached hydrogens (tertiary/aromatic N) is 2. The minimum atomic E-state index is 0.258. The van der Waals surface area contributed by atoms with Gasteiger partial charge in [-0.2, -0.15) is 5.26 Å². The average Bonchev–Trinajstić information content (AvgIpc) is 2.49. The maximum atomic E-state index is 8.97. The molecule has 0 unspecified atom stereocenters. The second-order valence-electron chi connectivity index (χ2n) is 4.04. The van der Waals surface area contributed by atoms with Gasteiger partial charge in [-0.25, -0.2) is 4.98 Å². The van der Waals surface area contributed by atoms with Crippen molar-refractivity contribution in [2.45, 2.75) is 0 Å². The summed E-state index contributed by atoms with van der Waals surface area (Å²) in [5.41, 5.74) is 7.05. The third kappa shape index (κ3) is 2.93. The molecular formula is C14H13ClN4O2. The molecule has 6 nitrogen and oxygen atoms in total. The Balaban J connectivity index is 2.45. The summed E-state index contributed by atoms with van der Waals surface area (Å²) in [6, 6.07) is 6.82. The molecular weight excluding hydrogens is 292 g/mol. The van der Waals surface area contributed by atoms with E-state index in [9.17, 15) is 0 Å². The van der Waals surface area contributed by atoms with Crippen molar-refractivity contribution < 1.29 is 9.47 Å². The molecule has 1 heterocycles. The first-order valence-electron chi connectivity index (χ1n) is 5.93. The van der Waals surface area contributed by atoms with Crippen LogP contribution in [0.3, 0.4) is 0 Å². The zero-order valence-corrected chi connectivity index (χ0v) is 12.2. The molecule has 0 radical (unpaired) electrons. The second-order valence-corrected chi connectivity index (χ2v) is 4.45. The quantitative estimate of drug-likeness (QED) is 0.902. The first kappa shape index (κ1) is 14.8. The molecule has 0 fully saturated rings. The summed E-state index contributed by atoms with van der Waals surface area (Å²) in [7, 11) is 3.04. The van der Waals surface area contributed by atoms with Crippen LogP contribution in [0.2, 0.25) is 5.02 Å². The van der Waals surface area contributed by atoms with Gasteiger partial charge in [0.15, 0.2) is 5.82 Å². The number of hydrogen-bond acceptors (Lipinski definition) is 6. The SMILES string of the molecule is COc1cc(OC)c(Nc2nccc(C#N)c2N)cc1Cl. The summed E-state index contributed by atoms with van der Waals surface area (Å²) in [6.07, 6.45) is 1.49. The Bertz CT molecular complexity index is 713. The van der Waals surface area contributed by atoms with Crippen molar-refractivity contribution in [3.05, 3.63) is 35.0 Å². The predicted molar refractivity (Wildman–Crippen MR) is 81.2 cm³/mol. The summed E-state index contributed by atoms with van der Waals surface area (Å²) >= 11 is 6.10. The van der Waals surface area contributed by atoms with Crippen molar-refractivity contribution in [1.29, 1.82) is 5.26 Å². The van der Waals surface area contributed by atoms with E-state index >= 15 is 0 Å². The van der Waals surface area contributed by atoms with Crippen LogP contribution in [0.15, 0.2) is 24.4 Å². The first-order valence-corrected chi connectivity index (χ1v) is 6.31. The fourth-order valence-corrected chi connectivity index (χ4v) is 2.00. The molecule has 0 aliphatic rings. The van der Waals surface area contributed by atoms with Gasteiger partial charge in [-0.15, -0.1) is 0 Å². The number of aromatic nitrogens is 1. The van der Waals surface area contributed by atoms with Crippen molar-refractivity contribution in [2.75, 3.05) is 25.3 Å². The molecule has 0 saturated carbocycles. The van der Waals surface area contributed by atoms with Gasteiger partial charge in [0.05, 0.1) is 36.2 Å². The molecule has 2 rings (SSSR count). The smallest absolute Gasteiger partial charge is 0.155 e. The summed E-state index contributed by atoms with van der Waals surface area (Å²) in [6.45, 7) is 0. The van der Waals surface area contributed by atoms with Gasteiger partial charge in [0, 0.05) is 12.3 Å². The highest BCUT2D eigenvalue weighted by atomic mass is 35.5. The minimum Gasteiger partial charge on any atom is -0.495 e. The van der Waals surface area contributed by atoms with E-state index in [2.05, 4.69) is 10.3 Å². The Morgan fingerprint density at radius 2 is 2.00 bits per heavy atom. The predicted octanol–water partition coefficient (Wildman–Crippen LogP) is 2.95. The average molecular weight is 305 g/mol. The third-order valence-corrected chi connectivity index (χ3v) is 3.13. The lowest BCUT2D eigenvalue weighted by atomic mass is 10.2. The van der Waals surface area contributed by atoms with Crippen molar-refractivity contribution in [1.82, 2.24) is 4.98 Å². The van der Waals surface area contributed by atoms with Gasteiger partial charge in [0.25, 0.3) is 0 Å². The first-order chi connectivity index (χ1) is 10.1. The molecule has 0 saturated heterocycles. The van der Waals surface area contributed by atoms with Crippen LogP contribution in [0.5, 0.6) is 11.5 Å². The highest BCUT2D eigenvalue weighted by molar-refractivity contribution is 6.32. The van der Waals surface area contributed by atoms with Gasteiger partial charge in [0.2, 0.25) is 0 Å². The van der Waals surface area contributed by atoms with Gasteiger partial charge in [-0.3, -0.25) is 0 Å². The highest BCUT2D eigenvalue weighted by Crippen LogP contribution is 2.38. The summed E-state index contributed by atoms with van der Waals surface area (Å²) in [5, 5.41) is 12.4. The van der Waals surface area contributed by atoms with Gasteiger partial charge in [-0.05, 0) is 12.1 Å². The molecule has 1 aromatic heterocycles. The normalized spacial score (nSPS) is 9.81. The van der Waals surface area contributed by atoms with E-state index in [0.29, 0.717) is 33.6 Å². The van der Waals surface area contributed by atoms with Crippen LogP contribution >= 0.6 is 11.6 Å². The van der Waals surface area contributed by atoms with Crippen LogP contribution in [0, 0.1) is 11.3 Å². The standard InChI is InChI=1S/C14H13ClN4O2/c1-20-11-6-12(21-2)10(5-9(11)15)19-14-13(17)8(7-16)3-4-18-14/h3-6H,17H2,1-2H3,(H,18,19). The zero-order valence-electron chi connectivity index (χ0n) is 11.5. The van der Waals surface area contributed by atoms with Gasteiger partial charge in [-0.1, -0.05) is 11.6 Å². The molecule has 21 heavy (non-hydrogen) atoms. The molecule has 0 atom stereocenters. The fraction of sp³-hybridized carbons (Fsp3) is 0.143. The van der Waals surface area contributed by atoms with Crippen LogP contribution in [0.25, 0.3) is 0 Å². The Kier molecular flexibility index (Phi) is 4.36. The minimum absolute atomic E-state index is 0.258. The Hall–Kier alpha value is -2.65. The number of ether oxygens (including phenoxy) is 2. The van der Waals surface area contributed by atoms with E-state index in [-0.39, 0.29) is 5.69 Å². The summed E-state index contributed by atoms with van der Waals surface area (Å²) < 4.78 is 10.4. The van der Waals surface area contributed by atoms with Crippen LogP contribution < -0.4 is 20.5 Å². The molecule has 108 valence electrons. The lowest BCUT2D eigenvalue weighted by Crippen LogP contribution is -2.03. The lowest BCUT2D eigenvalue weighted by molar-refractivity contribution is 0.396. The van der Waals surface area contributed by atoms with E-state index < -0.39 is 0 Å². The van der Waals surface area contributed by atoms with E-state index in [0.717, 1.165) is 0 Å². The van der Waals surface area contributed by atoms with Gasteiger partial charge >= 0.3 is 0 Å². The van der Waals surface area contributed by atoms with Gasteiger partial charge in [0.1, 0.15) is 17.6 Å². The number of nitrogens with one attached hydrogen (secondary N) is 1. The van der Waals surface area contributed by atoms with Crippen molar-refractivity contribution in [2.24, 2.45) is 0 Å². The Labute approximate surface area is 127 Å². The molecule has 2 aromatic rings. The fourth-order valence-electron chi connectivity index (χ4n) is 1.76. The molecule has 0 spiro atoms. The number of nitrogens with two attached hydrogens (primary N) is 1. The molecule has 0 aliphatic heterocycles. The Morgan fingerprint density at radius 3 is 2.62 bits per heavy atom. The number of rotatable bonds is 4. The number of methoxy groups -OCH3 is 2. The number of anilines is 3. The lowest BCUT2D eigenvalue weighted by Gasteiger charge is -2.14. The number of halogens is 1. The maximum Gasteiger partial charge on any atom is 0.155 e. The summed E-state index contributed by atoms with van der Waals surface area (Å²) in [4.78, 5) is 4.11. The maximum absolute atomic E-state index is 8.97. The number of benzene rings is 1. The van der Waals surface area contributed by atoms with Crippen molar-refractivity contribution in [3.8, 4) is 17.6 Å². The number of pyridine rings is 1. The molecule has 3 N–H and O–H groups in total. The molecule has 0 amide bonds. The van der Waals surface area contributed by atoms with Crippen molar-refractivity contribution >= 4 is 28.8 Å². The van der Waals surface area contributed by atoms with Crippen LogP contribution in [0.1, 0.15) is 5.56 Å². The number of nitrogen functional groups attached to an aromatic ring is 1. The van der Waals surface area contributed by atoms with E-state index in [1.807, 2.05) is 6.07 Å². The van der Waals surface area contributed by atoms with Gasteiger partial charge < -0.3 is 20.5 Å². The Morgan fingerprint density at radius 1 is 1.29 bits per heavy atom. The van der Waals surface area contributed by atoms with E-state index in [1.54, 1.807) is 18.2 Å². The van der Waals surface area contributed by atoms with E-state index in [1.165, 1.54) is 20.4 Å². The monoisotopic (exact) mass is 304 g/mol. The largest absolute Gasteiger partial charge is 0.495 e. The third-order valence-electron chi connectivity index (χ3n) is 2.84. The van der Waals surface area contributed by atoms with E-state index in [4.69, 9.17) is 32.1 Å². The second kappa shape index (κ2) is 6.20. The molecule has 1 aromatic carbocycles. The number of hydrogen-bond donors (Lipinski definition) is 2. The van der Waals surface area contributed by atoms with Crippen LogP contribution in [-0.4, -0.2) is 19.2 Å². The van der Waals surface area contributed by atoms with Crippen LogP contribution in [-0.2, 0) is 0 Å². The zero-order chi connectivity index (χ0) is 15.4. The highest BCUT2D eigenvalue weighted by Gasteiger charge is 2.13. The molecule has 7 heteroatoms. The number of nitriles is 1. The van der Waals surface area contributed by atoms with Crippen LogP contribution in [0.4, 0.5) is 17.2 Å². The van der Waals surface area contributed by atoms with Crippen molar-refractivity contribution in [3.63, 3.8) is 0 Å².